The van der Waals surface area contributed by atoms with Gasteiger partial charge in [-0.25, -0.2) is 8.42 Å². The maximum atomic E-state index is 12.6. The average Bonchev–Trinajstić information content (AvgIpc) is 2.45. The molecular weight excluding hydrogens is 369 g/mol. The summed E-state index contributed by atoms with van der Waals surface area (Å²) in [4.78, 5) is -0.0219. The van der Waals surface area contributed by atoms with E-state index in [1.54, 1.807) is 6.07 Å². The summed E-state index contributed by atoms with van der Waals surface area (Å²) in [5.74, 6) is 0.342. The minimum absolute atomic E-state index is 0.0219. The molecule has 2 aromatic carbocycles. The number of hydrogen-bond acceptors (Lipinski definition) is 4. The molecule has 7 heteroatoms. The number of hydrogen-bond donors (Lipinski definition) is 0. The molecule has 0 aliphatic carbocycles. The second-order valence-electron chi connectivity index (χ2n) is 5.66. The summed E-state index contributed by atoms with van der Waals surface area (Å²) in [6.07, 6.45) is 0. The van der Waals surface area contributed by atoms with E-state index in [0.29, 0.717) is 15.8 Å². The SMILES string of the molecule is CC(C)CS(=O)(=O)c1cc(C#N)ccc1Oc1cc(Cl)cc(Cl)c1. The van der Waals surface area contributed by atoms with Crippen LogP contribution in [0.3, 0.4) is 0 Å². The summed E-state index contributed by atoms with van der Waals surface area (Å²) >= 11 is 11.9. The van der Waals surface area contributed by atoms with Crippen LogP contribution in [-0.2, 0) is 9.84 Å². The molecule has 0 N–H and O–H groups in total. The van der Waals surface area contributed by atoms with Crippen LogP contribution in [0, 0.1) is 17.2 Å². The van der Waals surface area contributed by atoms with Crippen LogP contribution in [0.5, 0.6) is 11.5 Å². The molecule has 0 bridgehead atoms. The van der Waals surface area contributed by atoms with Crippen molar-refractivity contribution in [3.8, 4) is 17.6 Å². The Morgan fingerprint density at radius 3 is 2.29 bits per heavy atom. The van der Waals surface area contributed by atoms with Gasteiger partial charge < -0.3 is 4.74 Å². The van der Waals surface area contributed by atoms with Gasteiger partial charge in [-0.1, -0.05) is 37.0 Å². The molecule has 0 atom stereocenters. The van der Waals surface area contributed by atoms with Gasteiger partial charge in [0.05, 0.1) is 17.4 Å². The Morgan fingerprint density at radius 1 is 1.12 bits per heavy atom. The highest BCUT2D eigenvalue weighted by atomic mass is 35.5. The highest BCUT2D eigenvalue weighted by Gasteiger charge is 2.22. The normalized spacial score (nSPS) is 11.3. The van der Waals surface area contributed by atoms with E-state index in [0.717, 1.165) is 0 Å². The summed E-state index contributed by atoms with van der Waals surface area (Å²) in [5.41, 5.74) is 0.244. The van der Waals surface area contributed by atoms with Gasteiger partial charge in [0.15, 0.2) is 9.84 Å². The van der Waals surface area contributed by atoms with Crippen molar-refractivity contribution in [2.24, 2.45) is 5.92 Å². The minimum atomic E-state index is -3.61. The molecule has 0 heterocycles. The van der Waals surface area contributed by atoms with Crippen LogP contribution in [0.25, 0.3) is 0 Å². The summed E-state index contributed by atoms with van der Waals surface area (Å²) in [5, 5.41) is 9.79. The highest BCUT2D eigenvalue weighted by molar-refractivity contribution is 7.91. The van der Waals surface area contributed by atoms with Gasteiger partial charge in [-0.2, -0.15) is 5.26 Å². The fourth-order valence-corrected chi connectivity index (χ4v) is 4.43. The van der Waals surface area contributed by atoms with Crippen molar-refractivity contribution in [3.05, 3.63) is 52.0 Å². The molecule has 0 saturated carbocycles. The first kappa shape index (κ1) is 18.6. The average molecular weight is 384 g/mol. The van der Waals surface area contributed by atoms with Gasteiger partial charge in [-0.15, -0.1) is 0 Å². The lowest BCUT2D eigenvalue weighted by molar-refractivity contribution is 0.467. The van der Waals surface area contributed by atoms with Crippen LogP contribution in [0.4, 0.5) is 0 Å². The van der Waals surface area contributed by atoms with E-state index < -0.39 is 9.84 Å². The summed E-state index contributed by atoms with van der Waals surface area (Å²) in [7, 11) is -3.61. The molecule has 0 aliphatic heterocycles. The molecule has 0 aliphatic rings. The van der Waals surface area contributed by atoms with Crippen molar-refractivity contribution in [1.82, 2.24) is 0 Å². The molecule has 0 aromatic heterocycles. The Hall–Kier alpha value is -1.74. The lowest BCUT2D eigenvalue weighted by Gasteiger charge is -2.14. The van der Waals surface area contributed by atoms with Crippen LogP contribution < -0.4 is 4.74 Å². The third-order valence-electron chi connectivity index (χ3n) is 3.02. The van der Waals surface area contributed by atoms with Gasteiger partial charge in [0.25, 0.3) is 0 Å². The van der Waals surface area contributed by atoms with Crippen LogP contribution >= 0.6 is 23.2 Å². The second-order valence-corrected chi connectivity index (χ2v) is 8.53. The summed E-state index contributed by atoms with van der Waals surface area (Å²) in [6, 6.07) is 10.8. The van der Waals surface area contributed by atoms with Crippen molar-refractivity contribution >= 4 is 33.0 Å². The van der Waals surface area contributed by atoms with E-state index in [1.807, 2.05) is 19.9 Å². The number of benzene rings is 2. The number of rotatable bonds is 5. The Kier molecular flexibility index (Phi) is 5.76. The van der Waals surface area contributed by atoms with Gasteiger partial charge in [-0.05, 0) is 42.3 Å². The second kappa shape index (κ2) is 7.43. The Morgan fingerprint density at radius 2 is 1.75 bits per heavy atom. The first-order valence-corrected chi connectivity index (χ1v) is 9.53. The van der Waals surface area contributed by atoms with E-state index in [-0.39, 0.29) is 27.9 Å². The molecule has 0 spiro atoms. The standard InChI is InChI=1S/C17H15Cl2NO3S/c1-11(2)10-24(21,22)17-5-12(9-20)3-4-16(17)23-15-7-13(18)6-14(19)8-15/h3-8,11H,10H2,1-2H3. The lowest BCUT2D eigenvalue weighted by atomic mass is 10.2. The zero-order valence-electron chi connectivity index (χ0n) is 13.1. The molecular formula is C17H15Cl2NO3S. The van der Waals surface area contributed by atoms with Crippen molar-refractivity contribution in [3.63, 3.8) is 0 Å². The lowest BCUT2D eigenvalue weighted by Crippen LogP contribution is -2.13. The molecule has 126 valence electrons. The third kappa shape index (κ3) is 4.64. The molecule has 0 unspecified atom stereocenters. The fraction of sp³-hybridized carbons (Fsp3) is 0.235. The van der Waals surface area contributed by atoms with Crippen LogP contribution in [0.15, 0.2) is 41.3 Å². The number of ether oxygens (including phenoxy) is 1. The zero-order chi connectivity index (χ0) is 17.9. The minimum Gasteiger partial charge on any atom is -0.456 e. The largest absolute Gasteiger partial charge is 0.456 e. The fourth-order valence-electron chi connectivity index (χ4n) is 2.15. The van der Waals surface area contributed by atoms with E-state index in [2.05, 4.69) is 0 Å². The number of halogens is 2. The summed E-state index contributed by atoms with van der Waals surface area (Å²) in [6.45, 7) is 3.62. The predicted octanol–water partition coefficient (Wildman–Crippen LogP) is 5.09. The Bertz CT molecular complexity index is 882. The van der Waals surface area contributed by atoms with Crippen molar-refractivity contribution in [2.45, 2.75) is 18.7 Å². The van der Waals surface area contributed by atoms with Crippen molar-refractivity contribution < 1.29 is 13.2 Å². The van der Waals surface area contributed by atoms with E-state index in [4.69, 9.17) is 33.2 Å². The maximum absolute atomic E-state index is 12.6. The van der Waals surface area contributed by atoms with Crippen molar-refractivity contribution in [1.29, 1.82) is 5.26 Å². The van der Waals surface area contributed by atoms with Crippen LogP contribution in [-0.4, -0.2) is 14.2 Å². The van der Waals surface area contributed by atoms with Gasteiger partial charge in [0.1, 0.15) is 16.4 Å². The molecule has 2 aromatic rings. The highest BCUT2D eigenvalue weighted by Crippen LogP contribution is 2.33. The topological polar surface area (TPSA) is 67.2 Å². The molecule has 24 heavy (non-hydrogen) atoms. The van der Waals surface area contributed by atoms with Gasteiger partial charge in [-0.3, -0.25) is 0 Å². The smallest absolute Gasteiger partial charge is 0.182 e. The van der Waals surface area contributed by atoms with Gasteiger partial charge in [0, 0.05) is 10.0 Å². The van der Waals surface area contributed by atoms with Gasteiger partial charge >= 0.3 is 0 Å². The number of nitrogens with zero attached hydrogens (tertiary/aromatic N) is 1. The van der Waals surface area contributed by atoms with E-state index >= 15 is 0 Å². The monoisotopic (exact) mass is 383 g/mol. The number of sulfone groups is 1. The van der Waals surface area contributed by atoms with Crippen molar-refractivity contribution in [2.75, 3.05) is 5.75 Å². The van der Waals surface area contributed by atoms with E-state index in [9.17, 15) is 8.42 Å². The van der Waals surface area contributed by atoms with Gasteiger partial charge in [0.2, 0.25) is 0 Å². The Labute approximate surface area is 151 Å². The molecule has 0 amide bonds. The molecule has 4 nitrogen and oxygen atoms in total. The molecule has 0 radical (unpaired) electrons. The van der Waals surface area contributed by atoms with E-state index in [1.165, 1.54) is 30.3 Å². The first-order chi connectivity index (χ1) is 11.2. The van der Waals surface area contributed by atoms with Crippen LogP contribution in [0.2, 0.25) is 10.0 Å². The maximum Gasteiger partial charge on any atom is 0.182 e. The van der Waals surface area contributed by atoms with Crippen LogP contribution in [0.1, 0.15) is 19.4 Å². The molecule has 0 fully saturated rings. The quantitative estimate of drug-likeness (QED) is 0.720. The predicted molar refractivity (Wildman–Crippen MR) is 94.6 cm³/mol. The molecule has 2 rings (SSSR count). The first-order valence-electron chi connectivity index (χ1n) is 7.12. The Balaban J connectivity index is 2.52. The number of nitriles is 1. The summed E-state index contributed by atoms with van der Waals surface area (Å²) < 4.78 is 30.9. The molecule has 0 saturated heterocycles. The zero-order valence-corrected chi connectivity index (χ0v) is 15.4. The third-order valence-corrected chi connectivity index (χ3v) is 5.56.